The second-order valence-electron chi connectivity index (χ2n) is 6.70. The van der Waals surface area contributed by atoms with Crippen LogP contribution >= 0.6 is 27.3 Å². The van der Waals surface area contributed by atoms with Crippen molar-refractivity contribution in [3.05, 3.63) is 63.7 Å². The van der Waals surface area contributed by atoms with Crippen LogP contribution in [0.3, 0.4) is 0 Å². The Hall–Kier alpha value is -2.58. The van der Waals surface area contributed by atoms with Gasteiger partial charge in [0.2, 0.25) is 11.8 Å². The zero-order valence-corrected chi connectivity index (χ0v) is 17.9. The van der Waals surface area contributed by atoms with Gasteiger partial charge < -0.3 is 10.2 Å². The Morgan fingerprint density at radius 3 is 2.69 bits per heavy atom. The number of carbonyl (C=O) groups is 2. The maximum atomic E-state index is 13.2. The minimum absolute atomic E-state index is 0.221. The average Bonchev–Trinajstić information content (AvgIpc) is 3.25. The van der Waals surface area contributed by atoms with Gasteiger partial charge >= 0.3 is 0 Å². The highest BCUT2D eigenvalue weighted by atomic mass is 79.9. The summed E-state index contributed by atoms with van der Waals surface area (Å²) in [5.74, 6) is -1.64. The van der Waals surface area contributed by atoms with Crippen LogP contribution in [0.5, 0.6) is 0 Å². The van der Waals surface area contributed by atoms with E-state index in [1.807, 2.05) is 31.2 Å². The quantitative estimate of drug-likeness (QED) is 0.541. The number of aromatic nitrogens is 1. The summed E-state index contributed by atoms with van der Waals surface area (Å²) >= 11 is 4.79. The van der Waals surface area contributed by atoms with Crippen LogP contribution in [0.25, 0.3) is 11.3 Å². The summed E-state index contributed by atoms with van der Waals surface area (Å²) < 4.78 is 14.0. The van der Waals surface area contributed by atoms with Crippen molar-refractivity contribution in [3.63, 3.8) is 0 Å². The van der Waals surface area contributed by atoms with Crippen LogP contribution in [0.15, 0.2) is 53.0 Å². The number of thiazole rings is 1. The van der Waals surface area contributed by atoms with E-state index in [-0.39, 0.29) is 17.6 Å². The predicted octanol–water partition coefficient (Wildman–Crippen LogP) is 5.01. The molecule has 1 fully saturated rings. The SMILES string of the molecule is Cc1sc(NC(=O)C2CCN(c3ccccc3Br)C2=O)nc1-c1ccc(F)cc1. The maximum Gasteiger partial charge on any atom is 0.239 e. The molecule has 2 heterocycles. The molecular formula is C21H17BrFN3O2S. The number of para-hydroxylation sites is 1. The number of halogens is 2. The third kappa shape index (κ3) is 3.95. The standard InChI is InChI=1S/C21H17BrFN3O2S/c1-12-18(13-6-8-14(23)9-7-13)24-21(29-12)25-19(27)15-10-11-26(20(15)28)17-5-3-2-4-16(17)22/h2-9,15H,10-11H2,1H3,(H,24,25,27). The van der Waals surface area contributed by atoms with Crippen molar-refractivity contribution < 1.29 is 14.0 Å². The molecule has 1 N–H and O–H groups in total. The van der Waals surface area contributed by atoms with Crippen molar-refractivity contribution in [2.75, 3.05) is 16.8 Å². The lowest BCUT2D eigenvalue weighted by Crippen LogP contribution is -2.33. The van der Waals surface area contributed by atoms with Crippen LogP contribution in [0.1, 0.15) is 11.3 Å². The summed E-state index contributed by atoms with van der Waals surface area (Å²) in [7, 11) is 0. The van der Waals surface area contributed by atoms with Crippen LogP contribution in [-0.2, 0) is 9.59 Å². The lowest BCUT2D eigenvalue weighted by molar-refractivity contribution is -0.129. The van der Waals surface area contributed by atoms with Crippen LogP contribution in [0.2, 0.25) is 0 Å². The molecule has 0 aliphatic carbocycles. The molecule has 5 nitrogen and oxygen atoms in total. The molecule has 0 bridgehead atoms. The van der Waals surface area contributed by atoms with E-state index in [0.717, 1.165) is 20.6 Å². The van der Waals surface area contributed by atoms with Crippen LogP contribution < -0.4 is 10.2 Å². The number of hydrogen-bond donors (Lipinski definition) is 1. The normalized spacial score (nSPS) is 16.3. The molecule has 2 aromatic carbocycles. The van der Waals surface area contributed by atoms with Gasteiger partial charge in [0, 0.05) is 21.5 Å². The molecular weight excluding hydrogens is 457 g/mol. The molecule has 0 spiro atoms. The summed E-state index contributed by atoms with van der Waals surface area (Å²) in [5.41, 5.74) is 2.23. The van der Waals surface area contributed by atoms with Gasteiger partial charge in [-0.2, -0.15) is 0 Å². The Morgan fingerprint density at radius 1 is 1.24 bits per heavy atom. The van der Waals surface area contributed by atoms with Gasteiger partial charge in [0.15, 0.2) is 5.13 Å². The van der Waals surface area contributed by atoms with Gasteiger partial charge in [-0.25, -0.2) is 9.37 Å². The first-order valence-corrected chi connectivity index (χ1v) is 10.6. The number of amides is 2. The molecule has 1 aliphatic rings. The molecule has 1 unspecified atom stereocenters. The van der Waals surface area contributed by atoms with E-state index in [0.29, 0.717) is 23.8 Å². The van der Waals surface area contributed by atoms with Crippen molar-refractivity contribution >= 4 is 49.9 Å². The van der Waals surface area contributed by atoms with E-state index < -0.39 is 5.92 Å². The molecule has 0 saturated carbocycles. The summed E-state index contributed by atoms with van der Waals surface area (Å²) in [6.07, 6.45) is 0.446. The van der Waals surface area contributed by atoms with Crippen molar-refractivity contribution in [1.82, 2.24) is 4.98 Å². The average molecular weight is 474 g/mol. The van der Waals surface area contributed by atoms with Crippen molar-refractivity contribution in [3.8, 4) is 11.3 Å². The van der Waals surface area contributed by atoms with E-state index in [1.54, 1.807) is 17.0 Å². The number of hydrogen-bond acceptors (Lipinski definition) is 4. The van der Waals surface area contributed by atoms with E-state index >= 15 is 0 Å². The van der Waals surface area contributed by atoms with E-state index in [4.69, 9.17) is 0 Å². The zero-order valence-electron chi connectivity index (χ0n) is 15.5. The van der Waals surface area contributed by atoms with Gasteiger partial charge in [-0.1, -0.05) is 12.1 Å². The number of nitrogens with zero attached hydrogens (tertiary/aromatic N) is 2. The number of aryl methyl sites for hydroxylation is 1. The highest BCUT2D eigenvalue weighted by molar-refractivity contribution is 9.10. The Balaban J connectivity index is 1.49. The molecule has 1 atom stereocenters. The monoisotopic (exact) mass is 473 g/mol. The highest BCUT2D eigenvalue weighted by Crippen LogP contribution is 2.33. The van der Waals surface area contributed by atoms with E-state index in [2.05, 4.69) is 26.2 Å². The Kier molecular flexibility index (Phi) is 5.47. The maximum absolute atomic E-state index is 13.2. The van der Waals surface area contributed by atoms with Gasteiger partial charge in [0.05, 0.1) is 11.4 Å². The fourth-order valence-corrected chi connectivity index (χ4v) is 4.69. The van der Waals surface area contributed by atoms with E-state index in [1.165, 1.54) is 23.5 Å². The first-order chi connectivity index (χ1) is 13.9. The minimum atomic E-state index is -0.749. The third-order valence-corrected chi connectivity index (χ3v) is 6.37. The second-order valence-corrected chi connectivity index (χ2v) is 8.76. The first kappa shape index (κ1) is 19.7. The number of benzene rings is 2. The molecule has 8 heteroatoms. The molecule has 29 heavy (non-hydrogen) atoms. The predicted molar refractivity (Wildman–Crippen MR) is 115 cm³/mol. The van der Waals surface area contributed by atoms with Gasteiger partial charge in [0.1, 0.15) is 11.7 Å². The molecule has 148 valence electrons. The van der Waals surface area contributed by atoms with Gasteiger partial charge in [-0.15, -0.1) is 11.3 Å². The van der Waals surface area contributed by atoms with Crippen LogP contribution in [-0.4, -0.2) is 23.3 Å². The topological polar surface area (TPSA) is 62.3 Å². The van der Waals surface area contributed by atoms with Crippen molar-refractivity contribution in [2.24, 2.45) is 5.92 Å². The summed E-state index contributed by atoms with van der Waals surface area (Å²) in [6, 6.07) is 13.5. The Morgan fingerprint density at radius 2 is 1.97 bits per heavy atom. The largest absolute Gasteiger partial charge is 0.311 e. The van der Waals surface area contributed by atoms with Gasteiger partial charge in [-0.3, -0.25) is 9.59 Å². The molecule has 3 aromatic rings. The molecule has 2 amide bonds. The van der Waals surface area contributed by atoms with Crippen molar-refractivity contribution in [2.45, 2.75) is 13.3 Å². The summed E-state index contributed by atoms with van der Waals surface area (Å²) in [6.45, 7) is 2.37. The van der Waals surface area contributed by atoms with Gasteiger partial charge in [-0.05, 0) is 65.7 Å². The number of rotatable bonds is 4. The van der Waals surface area contributed by atoms with Gasteiger partial charge in [0.25, 0.3) is 0 Å². The zero-order chi connectivity index (χ0) is 20.5. The second kappa shape index (κ2) is 8.04. The third-order valence-electron chi connectivity index (χ3n) is 4.81. The summed E-state index contributed by atoms with van der Waals surface area (Å²) in [4.78, 5) is 32.5. The van der Waals surface area contributed by atoms with E-state index in [9.17, 15) is 14.0 Å². The van der Waals surface area contributed by atoms with Crippen molar-refractivity contribution in [1.29, 1.82) is 0 Å². The lowest BCUT2D eigenvalue weighted by Gasteiger charge is -2.18. The molecule has 1 saturated heterocycles. The van der Waals surface area contributed by atoms with Crippen LogP contribution in [0, 0.1) is 18.7 Å². The number of carbonyl (C=O) groups excluding carboxylic acids is 2. The minimum Gasteiger partial charge on any atom is -0.311 e. The Labute approximate surface area is 179 Å². The Bertz CT molecular complexity index is 1080. The molecule has 1 aromatic heterocycles. The molecule has 4 rings (SSSR count). The molecule has 1 aliphatic heterocycles. The number of nitrogens with one attached hydrogen (secondary N) is 1. The molecule has 0 radical (unpaired) electrons. The van der Waals surface area contributed by atoms with Crippen LogP contribution in [0.4, 0.5) is 15.2 Å². The lowest BCUT2D eigenvalue weighted by atomic mass is 10.1. The smallest absolute Gasteiger partial charge is 0.239 e. The first-order valence-electron chi connectivity index (χ1n) is 9.04. The highest BCUT2D eigenvalue weighted by Gasteiger charge is 2.38. The number of anilines is 2. The fourth-order valence-electron chi connectivity index (χ4n) is 3.35. The fraction of sp³-hybridized carbons (Fsp3) is 0.190. The summed E-state index contributed by atoms with van der Waals surface area (Å²) in [5, 5.41) is 3.21.